The molecular formula is C14H30N4O2S. The zero-order chi connectivity index (χ0) is 15.9. The molecule has 1 rings (SSSR count). The van der Waals surface area contributed by atoms with Crippen molar-refractivity contribution in [2.75, 3.05) is 45.5 Å². The van der Waals surface area contributed by atoms with Crippen molar-refractivity contribution in [1.29, 1.82) is 0 Å². The lowest BCUT2D eigenvalue weighted by Crippen LogP contribution is -2.47. The Morgan fingerprint density at radius 2 is 1.86 bits per heavy atom. The fourth-order valence-electron chi connectivity index (χ4n) is 2.59. The minimum atomic E-state index is -3.17. The summed E-state index contributed by atoms with van der Waals surface area (Å²) in [4.78, 5) is 6.48. The van der Waals surface area contributed by atoms with E-state index in [9.17, 15) is 8.42 Å². The van der Waals surface area contributed by atoms with Crippen molar-refractivity contribution < 1.29 is 8.42 Å². The predicted molar refractivity (Wildman–Crippen MR) is 88.0 cm³/mol. The fraction of sp³-hybridized carbons (Fsp3) is 0.929. The number of aliphatic imine (C=N–C) groups is 1. The zero-order valence-corrected chi connectivity index (χ0v) is 14.6. The van der Waals surface area contributed by atoms with Crippen LogP contribution in [0.15, 0.2) is 4.99 Å². The molecule has 1 fully saturated rings. The van der Waals surface area contributed by atoms with Gasteiger partial charge in [-0.05, 0) is 18.8 Å². The van der Waals surface area contributed by atoms with Crippen molar-refractivity contribution in [3.05, 3.63) is 0 Å². The lowest BCUT2D eigenvalue weighted by atomic mass is 10.00. The topological polar surface area (TPSA) is 65.0 Å². The monoisotopic (exact) mass is 318 g/mol. The number of guanidine groups is 1. The molecule has 1 saturated heterocycles. The Morgan fingerprint density at radius 1 is 1.29 bits per heavy atom. The van der Waals surface area contributed by atoms with E-state index < -0.39 is 10.0 Å². The lowest BCUT2D eigenvalue weighted by Gasteiger charge is -2.33. The van der Waals surface area contributed by atoms with Gasteiger partial charge in [0.05, 0.1) is 5.75 Å². The molecule has 0 aromatic heterocycles. The fourth-order valence-corrected chi connectivity index (χ4v) is 4.00. The van der Waals surface area contributed by atoms with Crippen LogP contribution in [0, 0.1) is 5.92 Å². The number of nitrogens with zero attached hydrogens (tertiary/aromatic N) is 3. The van der Waals surface area contributed by atoms with Gasteiger partial charge in [-0.1, -0.05) is 20.8 Å². The van der Waals surface area contributed by atoms with Gasteiger partial charge >= 0.3 is 0 Å². The van der Waals surface area contributed by atoms with Crippen LogP contribution < -0.4 is 5.32 Å². The third-order valence-electron chi connectivity index (χ3n) is 4.04. The Hall–Kier alpha value is -0.820. The quantitative estimate of drug-likeness (QED) is 0.585. The van der Waals surface area contributed by atoms with Gasteiger partial charge in [-0.3, -0.25) is 4.99 Å². The summed E-state index contributed by atoms with van der Waals surface area (Å²) in [6.45, 7) is 9.43. The van der Waals surface area contributed by atoms with E-state index >= 15 is 0 Å². The van der Waals surface area contributed by atoms with Crippen LogP contribution in [0.1, 0.15) is 33.6 Å². The largest absolute Gasteiger partial charge is 0.355 e. The number of rotatable bonds is 6. The third-order valence-corrected chi connectivity index (χ3v) is 6.06. The third kappa shape index (κ3) is 5.47. The van der Waals surface area contributed by atoms with Crippen LogP contribution >= 0.6 is 0 Å². The summed E-state index contributed by atoms with van der Waals surface area (Å²) >= 11 is 0. The molecular weight excluding hydrogens is 288 g/mol. The highest BCUT2D eigenvalue weighted by atomic mass is 32.2. The van der Waals surface area contributed by atoms with E-state index in [2.05, 4.69) is 22.1 Å². The molecule has 0 unspecified atom stereocenters. The van der Waals surface area contributed by atoms with E-state index in [-0.39, 0.29) is 5.75 Å². The molecule has 0 amide bonds. The van der Waals surface area contributed by atoms with Gasteiger partial charge in [0.1, 0.15) is 0 Å². The lowest BCUT2D eigenvalue weighted by molar-refractivity contribution is 0.274. The first kappa shape index (κ1) is 18.2. The zero-order valence-electron chi connectivity index (χ0n) is 13.8. The van der Waals surface area contributed by atoms with Crippen molar-refractivity contribution in [2.24, 2.45) is 10.9 Å². The van der Waals surface area contributed by atoms with E-state index in [0.29, 0.717) is 19.6 Å². The van der Waals surface area contributed by atoms with Crippen LogP contribution in [0.4, 0.5) is 0 Å². The van der Waals surface area contributed by atoms with Crippen molar-refractivity contribution in [1.82, 2.24) is 14.5 Å². The Labute approximate surface area is 129 Å². The Morgan fingerprint density at radius 3 is 2.33 bits per heavy atom. The average Bonchev–Trinajstić information content (AvgIpc) is 2.46. The van der Waals surface area contributed by atoms with Crippen LogP contribution in [0.25, 0.3) is 0 Å². The van der Waals surface area contributed by atoms with Gasteiger partial charge in [-0.2, -0.15) is 0 Å². The molecule has 124 valence electrons. The molecule has 0 saturated carbocycles. The normalized spacial score (nSPS) is 18.3. The van der Waals surface area contributed by atoms with Gasteiger partial charge in [0.2, 0.25) is 10.0 Å². The summed E-state index contributed by atoms with van der Waals surface area (Å²) in [5.41, 5.74) is 0. The number of hydrogen-bond donors (Lipinski definition) is 1. The molecule has 7 heteroatoms. The van der Waals surface area contributed by atoms with Gasteiger partial charge in [0, 0.05) is 39.8 Å². The Balaban J connectivity index is 2.46. The number of hydrogen-bond acceptors (Lipinski definition) is 3. The molecule has 1 aliphatic heterocycles. The summed E-state index contributed by atoms with van der Waals surface area (Å²) in [5.74, 6) is 1.69. The van der Waals surface area contributed by atoms with Crippen LogP contribution in [-0.4, -0.2) is 69.1 Å². The van der Waals surface area contributed by atoms with Crippen molar-refractivity contribution >= 4 is 16.0 Å². The maximum Gasteiger partial charge on any atom is 0.215 e. The second-order valence-corrected chi connectivity index (χ2v) is 7.63. The molecule has 0 aromatic rings. The number of piperidine rings is 1. The molecule has 0 aromatic carbocycles. The van der Waals surface area contributed by atoms with Gasteiger partial charge in [0.25, 0.3) is 0 Å². The first-order valence-corrected chi connectivity index (χ1v) is 9.48. The number of sulfonamides is 1. The van der Waals surface area contributed by atoms with Crippen molar-refractivity contribution in [3.63, 3.8) is 0 Å². The van der Waals surface area contributed by atoms with Gasteiger partial charge in [-0.15, -0.1) is 0 Å². The highest BCUT2D eigenvalue weighted by Gasteiger charge is 2.21. The molecule has 0 spiro atoms. The molecule has 0 aliphatic carbocycles. The van der Waals surface area contributed by atoms with Crippen LogP contribution in [0.2, 0.25) is 0 Å². The van der Waals surface area contributed by atoms with Crippen LogP contribution in [0.3, 0.4) is 0 Å². The van der Waals surface area contributed by atoms with E-state index in [0.717, 1.165) is 25.0 Å². The molecule has 0 radical (unpaired) electrons. The number of nitrogens with one attached hydrogen (secondary N) is 1. The first-order chi connectivity index (χ1) is 9.94. The average molecular weight is 318 g/mol. The molecule has 1 N–H and O–H groups in total. The molecule has 0 bridgehead atoms. The minimum Gasteiger partial charge on any atom is -0.355 e. The standard InChI is InChI=1S/C14H30N4O2S/c1-5-18(6-2)21(19,20)12-9-16-14(15-4)17-10-7-13(3)8-11-17/h13H,5-12H2,1-4H3,(H,15,16). The van der Waals surface area contributed by atoms with Gasteiger partial charge < -0.3 is 10.2 Å². The summed E-state index contributed by atoms with van der Waals surface area (Å²) in [5, 5.41) is 3.18. The maximum absolute atomic E-state index is 12.1. The first-order valence-electron chi connectivity index (χ1n) is 7.88. The highest BCUT2D eigenvalue weighted by Crippen LogP contribution is 2.15. The second kappa shape index (κ2) is 8.58. The summed E-state index contributed by atoms with van der Waals surface area (Å²) < 4.78 is 25.7. The molecule has 0 atom stereocenters. The van der Waals surface area contributed by atoms with Crippen molar-refractivity contribution in [3.8, 4) is 0 Å². The van der Waals surface area contributed by atoms with E-state index in [1.807, 2.05) is 13.8 Å². The minimum absolute atomic E-state index is 0.109. The molecule has 1 heterocycles. The van der Waals surface area contributed by atoms with E-state index in [1.54, 1.807) is 7.05 Å². The van der Waals surface area contributed by atoms with E-state index in [4.69, 9.17) is 0 Å². The Bertz CT molecular complexity index is 424. The van der Waals surface area contributed by atoms with Crippen LogP contribution in [0.5, 0.6) is 0 Å². The van der Waals surface area contributed by atoms with Crippen molar-refractivity contribution in [2.45, 2.75) is 33.6 Å². The van der Waals surface area contributed by atoms with Gasteiger partial charge in [-0.25, -0.2) is 12.7 Å². The van der Waals surface area contributed by atoms with Crippen LogP contribution in [-0.2, 0) is 10.0 Å². The van der Waals surface area contributed by atoms with E-state index in [1.165, 1.54) is 17.1 Å². The Kier molecular flexibility index (Phi) is 7.45. The second-order valence-electron chi connectivity index (χ2n) is 5.54. The summed E-state index contributed by atoms with van der Waals surface area (Å²) in [6, 6.07) is 0. The summed E-state index contributed by atoms with van der Waals surface area (Å²) in [6.07, 6.45) is 2.33. The maximum atomic E-state index is 12.1. The molecule has 6 nitrogen and oxygen atoms in total. The molecule has 1 aliphatic rings. The highest BCUT2D eigenvalue weighted by molar-refractivity contribution is 7.89. The predicted octanol–water partition coefficient (Wildman–Crippen LogP) is 0.965. The SMILES string of the molecule is CCN(CC)S(=O)(=O)CCNC(=NC)N1CCC(C)CC1. The van der Waals surface area contributed by atoms with Gasteiger partial charge in [0.15, 0.2) is 5.96 Å². The smallest absolute Gasteiger partial charge is 0.215 e. The summed E-state index contributed by atoms with van der Waals surface area (Å²) in [7, 11) is -1.42. The number of likely N-dealkylation sites (tertiary alicyclic amines) is 1. The molecule has 21 heavy (non-hydrogen) atoms.